The molecule has 1 saturated carbocycles. The predicted molar refractivity (Wildman–Crippen MR) is 143 cm³/mol. The summed E-state index contributed by atoms with van der Waals surface area (Å²) in [5, 5.41) is 4.21. The number of benzene rings is 3. The summed E-state index contributed by atoms with van der Waals surface area (Å²) in [6.45, 7) is 4.27. The number of carbonyl (C=O) groups excluding carboxylic acids is 1. The molecular weight excluding hydrogens is 446 g/mol. The van der Waals surface area contributed by atoms with Crippen LogP contribution in [0.2, 0.25) is 0 Å². The second-order valence-electron chi connectivity index (χ2n) is 9.34. The van der Waals surface area contributed by atoms with Gasteiger partial charge in [0.15, 0.2) is 5.76 Å². The lowest BCUT2D eigenvalue weighted by Crippen LogP contribution is -2.07. The second-order valence-corrected chi connectivity index (χ2v) is 9.34. The van der Waals surface area contributed by atoms with Gasteiger partial charge in [-0.25, -0.2) is 0 Å². The Hall–Kier alpha value is -3.92. The van der Waals surface area contributed by atoms with Crippen LogP contribution in [0.25, 0.3) is 28.5 Å². The molecule has 1 aliphatic rings. The average molecular weight is 478 g/mol. The molecule has 0 spiro atoms. The van der Waals surface area contributed by atoms with Crippen LogP contribution in [0.5, 0.6) is 0 Å². The number of rotatable bonds is 9. The number of esters is 1. The van der Waals surface area contributed by atoms with Crippen molar-refractivity contribution in [1.29, 1.82) is 0 Å². The number of hydrogen-bond donors (Lipinski definition) is 0. The van der Waals surface area contributed by atoms with Crippen molar-refractivity contribution >= 4 is 12.0 Å². The third-order valence-corrected chi connectivity index (χ3v) is 6.83. The van der Waals surface area contributed by atoms with Gasteiger partial charge in [0.25, 0.3) is 0 Å². The minimum atomic E-state index is -0.0739. The van der Waals surface area contributed by atoms with Crippen LogP contribution in [0.3, 0.4) is 0 Å². The van der Waals surface area contributed by atoms with Gasteiger partial charge in [0, 0.05) is 11.1 Å². The Labute approximate surface area is 212 Å². The molecule has 2 atom stereocenters. The predicted octanol–water partition coefficient (Wildman–Crippen LogP) is 7.63. The van der Waals surface area contributed by atoms with Crippen LogP contribution in [0, 0.1) is 12.8 Å². The molecule has 1 aliphatic carbocycles. The molecule has 4 nitrogen and oxygen atoms in total. The maximum absolute atomic E-state index is 11.9. The van der Waals surface area contributed by atoms with Gasteiger partial charge < -0.3 is 9.26 Å². The highest BCUT2D eigenvalue weighted by molar-refractivity contribution is 5.78. The van der Waals surface area contributed by atoms with Gasteiger partial charge in [0.2, 0.25) is 0 Å². The third kappa shape index (κ3) is 5.33. The second kappa shape index (κ2) is 10.8. The van der Waals surface area contributed by atoms with Crippen molar-refractivity contribution in [3.63, 3.8) is 0 Å². The normalized spacial score (nSPS) is 16.8. The lowest BCUT2D eigenvalue weighted by atomic mass is 9.99. The lowest BCUT2D eigenvalue weighted by Gasteiger charge is -2.06. The van der Waals surface area contributed by atoms with Crippen molar-refractivity contribution in [2.24, 2.45) is 5.92 Å². The van der Waals surface area contributed by atoms with Gasteiger partial charge in [-0.1, -0.05) is 96.2 Å². The number of hydrogen-bond acceptors (Lipinski definition) is 4. The standard InChI is InChI=1S/C32H31NO3/c1-3-35-32(34)30-21-29(30)26-17-13-24(14-18-26)25-15-19-27(20-16-25)31-28(22(2)33-36-31)12-8-7-11-23-9-5-4-6-10-23/h4-6,8-10,12-20,29-30H,3,7,11,21H2,1-2H3/t29-,30+/m0/s1. The highest BCUT2D eigenvalue weighted by Gasteiger charge is 2.45. The molecule has 4 aromatic rings. The van der Waals surface area contributed by atoms with Crippen LogP contribution in [0.1, 0.15) is 48.1 Å². The van der Waals surface area contributed by atoms with E-state index in [0.29, 0.717) is 6.61 Å². The monoisotopic (exact) mass is 477 g/mol. The van der Waals surface area contributed by atoms with Gasteiger partial charge in [0.05, 0.1) is 18.2 Å². The Morgan fingerprint density at radius 2 is 1.64 bits per heavy atom. The van der Waals surface area contributed by atoms with Gasteiger partial charge >= 0.3 is 5.97 Å². The lowest BCUT2D eigenvalue weighted by molar-refractivity contribution is -0.144. The Balaban J connectivity index is 1.25. The number of carbonyl (C=O) groups is 1. The van der Waals surface area contributed by atoms with Crippen molar-refractivity contribution in [3.05, 3.63) is 107 Å². The average Bonchev–Trinajstić information content (AvgIpc) is 3.64. The quantitative estimate of drug-likeness (QED) is 0.233. The fraction of sp³-hybridized carbons (Fsp3) is 0.250. The molecule has 0 aliphatic heterocycles. The fourth-order valence-electron chi connectivity index (χ4n) is 4.69. The summed E-state index contributed by atoms with van der Waals surface area (Å²) >= 11 is 0. The summed E-state index contributed by atoms with van der Waals surface area (Å²) in [5.41, 5.74) is 7.75. The summed E-state index contributed by atoms with van der Waals surface area (Å²) < 4.78 is 10.9. The van der Waals surface area contributed by atoms with Crippen LogP contribution >= 0.6 is 0 Å². The molecular formula is C32H31NO3. The van der Waals surface area contributed by atoms with E-state index in [1.165, 1.54) is 11.1 Å². The van der Waals surface area contributed by atoms with Crippen molar-refractivity contribution in [2.45, 2.75) is 39.0 Å². The molecule has 0 radical (unpaired) electrons. The molecule has 3 aromatic carbocycles. The van der Waals surface area contributed by atoms with Crippen LogP contribution in [0.4, 0.5) is 0 Å². The number of nitrogens with zero attached hydrogens (tertiary/aromatic N) is 1. The zero-order valence-electron chi connectivity index (χ0n) is 20.8. The van der Waals surface area contributed by atoms with Crippen molar-refractivity contribution in [1.82, 2.24) is 5.16 Å². The highest BCUT2D eigenvalue weighted by Crippen LogP contribution is 2.48. The van der Waals surface area contributed by atoms with Gasteiger partial charge in [-0.2, -0.15) is 0 Å². The zero-order chi connectivity index (χ0) is 24.9. The van der Waals surface area contributed by atoms with E-state index in [0.717, 1.165) is 53.0 Å². The Bertz CT molecular complexity index is 1330. The summed E-state index contributed by atoms with van der Waals surface area (Å²) in [4.78, 5) is 11.9. The maximum Gasteiger partial charge on any atom is 0.309 e. The van der Waals surface area contributed by atoms with E-state index >= 15 is 0 Å². The molecule has 1 aromatic heterocycles. The minimum absolute atomic E-state index is 0.0158. The van der Waals surface area contributed by atoms with Crippen LogP contribution < -0.4 is 0 Å². The number of aromatic nitrogens is 1. The molecule has 4 heteroatoms. The van der Waals surface area contributed by atoms with Crippen molar-refractivity contribution < 1.29 is 14.1 Å². The molecule has 0 bridgehead atoms. The molecule has 0 unspecified atom stereocenters. The van der Waals surface area contributed by atoms with E-state index < -0.39 is 0 Å². The summed E-state index contributed by atoms with van der Waals surface area (Å²) in [6, 6.07) is 27.4. The van der Waals surface area contributed by atoms with Crippen LogP contribution in [-0.2, 0) is 16.0 Å². The maximum atomic E-state index is 11.9. The van der Waals surface area contributed by atoms with Gasteiger partial charge in [-0.3, -0.25) is 4.79 Å². The molecule has 1 heterocycles. The topological polar surface area (TPSA) is 52.3 Å². The van der Waals surface area contributed by atoms with E-state index in [9.17, 15) is 4.79 Å². The van der Waals surface area contributed by atoms with Crippen LogP contribution in [-0.4, -0.2) is 17.7 Å². The smallest absolute Gasteiger partial charge is 0.309 e. The molecule has 0 saturated heterocycles. The molecule has 182 valence electrons. The Kier molecular flexibility index (Phi) is 7.13. The number of ether oxygens (including phenoxy) is 1. The molecule has 36 heavy (non-hydrogen) atoms. The molecule has 0 N–H and O–H groups in total. The van der Waals surface area contributed by atoms with E-state index in [2.05, 4.69) is 90.1 Å². The molecule has 5 rings (SSSR count). The minimum Gasteiger partial charge on any atom is -0.466 e. The summed E-state index contributed by atoms with van der Waals surface area (Å²) in [6.07, 6.45) is 7.17. The van der Waals surface area contributed by atoms with Crippen LogP contribution in [0.15, 0.2) is 89.5 Å². The first kappa shape index (κ1) is 23.8. The summed E-state index contributed by atoms with van der Waals surface area (Å²) in [7, 11) is 0. The zero-order valence-corrected chi connectivity index (χ0v) is 20.8. The van der Waals surface area contributed by atoms with Gasteiger partial charge in [0.1, 0.15) is 0 Å². The van der Waals surface area contributed by atoms with Gasteiger partial charge in [-0.05, 0) is 61.3 Å². The molecule has 0 amide bonds. The van der Waals surface area contributed by atoms with E-state index in [1.807, 2.05) is 19.9 Å². The van der Waals surface area contributed by atoms with Gasteiger partial charge in [-0.15, -0.1) is 0 Å². The molecule has 1 fully saturated rings. The van der Waals surface area contributed by atoms with E-state index in [1.54, 1.807) is 0 Å². The fourth-order valence-corrected chi connectivity index (χ4v) is 4.69. The Morgan fingerprint density at radius 1 is 0.972 bits per heavy atom. The van der Waals surface area contributed by atoms with Crippen molar-refractivity contribution in [2.75, 3.05) is 6.61 Å². The van der Waals surface area contributed by atoms with E-state index in [-0.39, 0.29) is 17.8 Å². The summed E-state index contributed by atoms with van der Waals surface area (Å²) in [5.74, 6) is 1.02. The highest BCUT2D eigenvalue weighted by atomic mass is 16.5. The third-order valence-electron chi connectivity index (χ3n) is 6.83. The van der Waals surface area contributed by atoms with E-state index in [4.69, 9.17) is 9.26 Å². The SMILES string of the molecule is CCOC(=O)[C@@H]1C[C@H]1c1ccc(-c2ccc(-c3onc(C)c3C=CCCc3ccccc3)cc2)cc1. The first-order valence-electron chi connectivity index (χ1n) is 12.7. The first-order chi connectivity index (χ1) is 17.6. The first-order valence-corrected chi connectivity index (χ1v) is 12.7. The Morgan fingerprint density at radius 3 is 2.33 bits per heavy atom. The largest absolute Gasteiger partial charge is 0.466 e. The number of allylic oxidation sites excluding steroid dienone is 1. The number of aryl methyl sites for hydroxylation is 2. The van der Waals surface area contributed by atoms with Crippen molar-refractivity contribution in [3.8, 4) is 22.5 Å².